The lowest BCUT2D eigenvalue weighted by molar-refractivity contribution is 0.0916. The van der Waals surface area contributed by atoms with E-state index >= 15 is 0 Å². The van der Waals surface area contributed by atoms with Gasteiger partial charge in [0.15, 0.2) is 0 Å². The van der Waals surface area contributed by atoms with E-state index in [1.807, 2.05) is 6.07 Å². The lowest BCUT2D eigenvalue weighted by Crippen LogP contribution is -2.49. The fraction of sp³-hybridized carbons (Fsp3) is 0.500. The van der Waals surface area contributed by atoms with Gasteiger partial charge in [-0.3, -0.25) is 9.78 Å². The van der Waals surface area contributed by atoms with Crippen molar-refractivity contribution in [2.75, 3.05) is 0 Å². The van der Waals surface area contributed by atoms with Gasteiger partial charge >= 0.3 is 0 Å². The number of hydrogen-bond donors (Lipinski definition) is 2. The van der Waals surface area contributed by atoms with Gasteiger partial charge in [-0.1, -0.05) is 18.9 Å². The summed E-state index contributed by atoms with van der Waals surface area (Å²) < 4.78 is 0. The minimum Gasteiger partial charge on any atom is -0.346 e. The van der Waals surface area contributed by atoms with Crippen LogP contribution in [0, 0.1) is 0 Å². The summed E-state index contributed by atoms with van der Waals surface area (Å²) in [5.41, 5.74) is 6.43. The molecular weight excluding hydrogens is 238 g/mol. The van der Waals surface area contributed by atoms with Gasteiger partial charge < -0.3 is 11.1 Å². The van der Waals surface area contributed by atoms with Gasteiger partial charge in [-0.05, 0) is 25.0 Å². The van der Waals surface area contributed by atoms with Gasteiger partial charge in [-0.2, -0.15) is 0 Å². The van der Waals surface area contributed by atoms with Crippen molar-refractivity contribution >= 4 is 18.3 Å². The van der Waals surface area contributed by atoms with Crippen LogP contribution >= 0.6 is 12.4 Å². The Labute approximate surface area is 107 Å². The molecule has 1 saturated carbocycles. The highest BCUT2D eigenvalue weighted by atomic mass is 35.5. The molecule has 5 heteroatoms. The Bertz CT molecular complexity index is 358. The van der Waals surface area contributed by atoms with E-state index < -0.39 is 0 Å². The van der Waals surface area contributed by atoms with E-state index in [1.165, 1.54) is 0 Å². The molecule has 1 amide bonds. The second kappa shape index (κ2) is 6.57. The van der Waals surface area contributed by atoms with Crippen molar-refractivity contribution in [3.63, 3.8) is 0 Å². The van der Waals surface area contributed by atoms with E-state index in [9.17, 15) is 4.79 Å². The van der Waals surface area contributed by atoms with E-state index in [-0.39, 0.29) is 30.4 Å². The van der Waals surface area contributed by atoms with Crippen LogP contribution in [-0.4, -0.2) is 23.0 Å². The molecule has 94 valence electrons. The summed E-state index contributed by atoms with van der Waals surface area (Å²) in [7, 11) is 0. The van der Waals surface area contributed by atoms with Crippen molar-refractivity contribution < 1.29 is 4.79 Å². The fourth-order valence-electron chi connectivity index (χ4n) is 2.08. The molecular formula is C12H18ClN3O. The molecule has 1 aliphatic carbocycles. The van der Waals surface area contributed by atoms with Crippen LogP contribution in [0.5, 0.6) is 0 Å². The average molecular weight is 256 g/mol. The number of carbonyl (C=O) groups is 1. The molecule has 3 N–H and O–H groups in total. The molecule has 0 aromatic carbocycles. The van der Waals surface area contributed by atoms with Crippen LogP contribution in [0.4, 0.5) is 0 Å². The summed E-state index contributed by atoms with van der Waals surface area (Å²) in [5.74, 6) is -0.122. The number of pyridine rings is 1. The number of nitrogens with two attached hydrogens (primary N) is 1. The van der Waals surface area contributed by atoms with E-state index in [1.54, 1.807) is 18.3 Å². The number of aromatic nitrogens is 1. The van der Waals surface area contributed by atoms with Crippen molar-refractivity contribution in [2.24, 2.45) is 5.73 Å². The molecule has 2 atom stereocenters. The molecule has 4 nitrogen and oxygen atoms in total. The molecule has 0 bridgehead atoms. The molecule has 2 rings (SSSR count). The predicted molar refractivity (Wildman–Crippen MR) is 69.2 cm³/mol. The Kier molecular flexibility index (Phi) is 5.38. The zero-order valence-electron chi connectivity index (χ0n) is 9.63. The first-order valence-corrected chi connectivity index (χ1v) is 5.75. The maximum atomic E-state index is 11.8. The fourth-order valence-corrected chi connectivity index (χ4v) is 2.08. The number of carbonyl (C=O) groups excluding carboxylic acids is 1. The lowest BCUT2D eigenvalue weighted by Gasteiger charge is -2.29. The molecule has 0 unspecified atom stereocenters. The molecule has 1 aromatic heterocycles. The highest BCUT2D eigenvalue weighted by Gasteiger charge is 2.23. The van der Waals surface area contributed by atoms with Gasteiger partial charge in [0.25, 0.3) is 5.91 Å². The highest BCUT2D eigenvalue weighted by Crippen LogP contribution is 2.17. The van der Waals surface area contributed by atoms with E-state index in [0.29, 0.717) is 5.69 Å². The number of hydrogen-bond acceptors (Lipinski definition) is 3. The molecule has 1 aromatic rings. The Hall–Kier alpha value is -1.13. The van der Waals surface area contributed by atoms with Crippen molar-refractivity contribution in [3.05, 3.63) is 30.1 Å². The van der Waals surface area contributed by atoms with Crippen molar-refractivity contribution in [1.29, 1.82) is 0 Å². The summed E-state index contributed by atoms with van der Waals surface area (Å²) in [4.78, 5) is 15.8. The maximum absolute atomic E-state index is 11.8. The van der Waals surface area contributed by atoms with E-state index in [4.69, 9.17) is 5.73 Å². The molecule has 17 heavy (non-hydrogen) atoms. The highest BCUT2D eigenvalue weighted by molar-refractivity contribution is 5.92. The first-order valence-electron chi connectivity index (χ1n) is 5.75. The summed E-state index contributed by atoms with van der Waals surface area (Å²) in [6.07, 6.45) is 5.89. The third kappa shape index (κ3) is 3.68. The van der Waals surface area contributed by atoms with Crippen molar-refractivity contribution in [2.45, 2.75) is 37.8 Å². The Morgan fingerprint density at radius 2 is 2.12 bits per heavy atom. The second-order valence-electron chi connectivity index (χ2n) is 4.24. The first-order chi connectivity index (χ1) is 7.77. The van der Waals surface area contributed by atoms with E-state index in [0.717, 1.165) is 25.7 Å². The van der Waals surface area contributed by atoms with Crippen LogP contribution in [0.15, 0.2) is 24.4 Å². The van der Waals surface area contributed by atoms with Gasteiger partial charge in [0, 0.05) is 18.3 Å². The van der Waals surface area contributed by atoms with Crippen LogP contribution in [0.25, 0.3) is 0 Å². The summed E-state index contributed by atoms with van der Waals surface area (Å²) in [6, 6.07) is 5.50. The molecule has 0 aliphatic heterocycles. The van der Waals surface area contributed by atoms with Gasteiger partial charge in [0.1, 0.15) is 5.69 Å². The van der Waals surface area contributed by atoms with Gasteiger partial charge in [0.2, 0.25) is 0 Å². The number of nitrogens with zero attached hydrogens (tertiary/aromatic N) is 1. The smallest absolute Gasteiger partial charge is 0.270 e. The second-order valence-corrected chi connectivity index (χ2v) is 4.24. The average Bonchev–Trinajstić information content (AvgIpc) is 2.33. The number of nitrogens with one attached hydrogen (secondary N) is 1. The SMILES string of the molecule is Cl.N[C@@H]1CCCC[C@H]1NC(=O)c1ccccn1. The quantitative estimate of drug-likeness (QED) is 0.842. The zero-order chi connectivity index (χ0) is 11.4. The Morgan fingerprint density at radius 1 is 1.35 bits per heavy atom. The molecule has 1 fully saturated rings. The van der Waals surface area contributed by atoms with Gasteiger partial charge in [-0.25, -0.2) is 0 Å². The molecule has 0 radical (unpaired) electrons. The minimum atomic E-state index is -0.122. The van der Waals surface area contributed by atoms with Crippen LogP contribution in [0.2, 0.25) is 0 Å². The standard InChI is InChI=1S/C12H17N3O.ClH/c13-9-5-1-2-6-10(9)15-12(16)11-7-3-4-8-14-11;/h3-4,7-10H,1-2,5-6,13H2,(H,15,16);1H/t9-,10-;/m1./s1. The maximum Gasteiger partial charge on any atom is 0.270 e. The number of halogens is 1. The van der Waals surface area contributed by atoms with Crippen molar-refractivity contribution in [1.82, 2.24) is 10.3 Å². The molecule has 1 heterocycles. The van der Waals surface area contributed by atoms with E-state index in [2.05, 4.69) is 10.3 Å². The van der Waals surface area contributed by atoms with Crippen LogP contribution in [-0.2, 0) is 0 Å². The third-order valence-corrected chi connectivity index (χ3v) is 3.03. The van der Waals surface area contributed by atoms with Gasteiger partial charge in [0.05, 0.1) is 0 Å². The largest absolute Gasteiger partial charge is 0.346 e. The first kappa shape index (κ1) is 13.9. The van der Waals surface area contributed by atoms with Crippen LogP contribution < -0.4 is 11.1 Å². The minimum absolute atomic E-state index is 0. The summed E-state index contributed by atoms with van der Waals surface area (Å²) >= 11 is 0. The molecule has 1 aliphatic rings. The summed E-state index contributed by atoms with van der Waals surface area (Å²) in [5, 5.41) is 2.96. The number of amides is 1. The molecule has 0 saturated heterocycles. The summed E-state index contributed by atoms with van der Waals surface area (Å²) in [6.45, 7) is 0. The lowest BCUT2D eigenvalue weighted by atomic mass is 9.91. The van der Waals surface area contributed by atoms with Gasteiger partial charge in [-0.15, -0.1) is 12.4 Å². The zero-order valence-corrected chi connectivity index (χ0v) is 10.5. The van der Waals surface area contributed by atoms with Crippen molar-refractivity contribution in [3.8, 4) is 0 Å². The van der Waals surface area contributed by atoms with Crippen LogP contribution in [0.1, 0.15) is 36.2 Å². The Balaban J connectivity index is 0.00000144. The predicted octanol–water partition coefficient (Wildman–Crippen LogP) is 1.50. The Morgan fingerprint density at radius 3 is 2.76 bits per heavy atom. The third-order valence-electron chi connectivity index (χ3n) is 3.03. The monoisotopic (exact) mass is 255 g/mol. The topological polar surface area (TPSA) is 68.0 Å². The molecule has 0 spiro atoms. The normalized spacial score (nSPS) is 23.6. The number of rotatable bonds is 2. The van der Waals surface area contributed by atoms with Crippen LogP contribution in [0.3, 0.4) is 0 Å².